The lowest BCUT2D eigenvalue weighted by atomic mass is 10.00. The van der Waals surface area contributed by atoms with Gasteiger partial charge in [-0.15, -0.1) is 0 Å². The number of carbonyl (C=O) groups excluding carboxylic acids is 5. The van der Waals surface area contributed by atoms with Crippen LogP contribution in [-0.2, 0) is 42.8 Å². The van der Waals surface area contributed by atoms with Crippen LogP contribution in [-0.4, -0.2) is 138 Å². The second-order valence-corrected chi connectivity index (χ2v) is 11.5. The lowest BCUT2D eigenvalue weighted by Crippen LogP contribution is -2.53. The number of esters is 1. The molecule has 46 heavy (non-hydrogen) atoms. The monoisotopic (exact) mass is 651 g/mol. The Kier molecular flexibility index (Phi) is 17.4. The van der Waals surface area contributed by atoms with Crippen molar-refractivity contribution in [2.45, 2.75) is 51.7 Å². The fourth-order valence-electron chi connectivity index (χ4n) is 4.42. The Hall–Kier alpha value is -3.43. The van der Waals surface area contributed by atoms with Crippen molar-refractivity contribution in [2.75, 3.05) is 92.0 Å². The number of ether oxygens (including phenoxy) is 6. The van der Waals surface area contributed by atoms with E-state index < -0.39 is 23.5 Å². The topological polar surface area (TPSA) is 159 Å². The first-order chi connectivity index (χ1) is 22.0. The van der Waals surface area contributed by atoms with Gasteiger partial charge in [-0.25, -0.2) is 0 Å². The van der Waals surface area contributed by atoms with Crippen molar-refractivity contribution in [3.05, 3.63) is 29.3 Å². The molecule has 1 aliphatic rings. The number of likely N-dealkylation sites (N-methyl/N-ethyl adjacent to an activating group) is 2. The first-order valence-electron chi connectivity index (χ1n) is 15.5. The van der Waals surface area contributed by atoms with Gasteiger partial charge in [0, 0.05) is 38.3 Å². The maximum atomic E-state index is 13.4. The van der Waals surface area contributed by atoms with Gasteiger partial charge in [-0.3, -0.25) is 28.9 Å². The van der Waals surface area contributed by atoms with Gasteiger partial charge in [0.25, 0.3) is 11.8 Å². The summed E-state index contributed by atoms with van der Waals surface area (Å²) in [5.74, 6) is -1.51. The molecule has 0 aromatic heterocycles. The number of carbonyl (C=O) groups is 5. The number of likely N-dealkylation sites (tertiary alicyclic amines) is 1. The summed E-state index contributed by atoms with van der Waals surface area (Å²) in [6.07, 6.45) is 1.19. The average Bonchev–Trinajstić information content (AvgIpc) is 3.01. The number of nitrogens with one attached hydrogen (secondary N) is 1. The number of benzene rings is 1. The van der Waals surface area contributed by atoms with Crippen LogP contribution in [0.4, 0.5) is 5.69 Å². The summed E-state index contributed by atoms with van der Waals surface area (Å²) in [6, 6.07) is 4.09. The minimum Gasteiger partial charge on any atom is -0.460 e. The standard InChI is InChI=1S/C32H49N3O11/c1-32(2,3)46-28(38)11-13-41-15-17-43-19-21-45-22-20-44-18-16-42-14-12-33-25-8-6-7-24(23-36)29(25)31(40)34(4)26-9-10-27(37)35(5)30(26)39/h6-8,23,26,33H,9-22H2,1-5H3. The summed E-state index contributed by atoms with van der Waals surface area (Å²) < 4.78 is 32.5. The van der Waals surface area contributed by atoms with Crippen molar-refractivity contribution in [1.82, 2.24) is 9.80 Å². The summed E-state index contributed by atoms with van der Waals surface area (Å²) in [5, 5.41) is 3.14. The molecule has 0 saturated carbocycles. The van der Waals surface area contributed by atoms with Crippen molar-refractivity contribution < 1.29 is 52.4 Å². The first kappa shape index (κ1) is 38.8. The average molecular weight is 652 g/mol. The number of hydrogen-bond acceptors (Lipinski definition) is 12. The third-order valence-electron chi connectivity index (χ3n) is 6.77. The van der Waals surface area contributed by atoms with Gasteiger partial charge in [0.2, 0.25) is 5.91 Å². The van der Waals surface area contributed by atoms with Gasteiger partial charge in [0.15, 0.2) is 6.29 Å². The van der Waals surface area contributed by atoms with Crippen LogP contribution in [0.5, 0.6) is 0 Å². The Morgan fingerprint density at radius 2 is 1.46 bits per heavy atom. The lowest BCUT2D eigenvalue weighted by molar-refractivity contribution is -0.156. The molecule has 0 spiro atoms. The van der Waals surface area contributed by atoms with Gasteiger partial charge in [0.05, 0.1) is 78.1 Å². The predicted octanol–water partition coefficient (Wildman–Crippen LogP) is 1.95. The molecule has 0 radical (unpaired) electrons. The van der Waals surface area contributed by atoms with Crippen LogP contribution in [0.2, 0.25) is 0 Å². The number of hydrogen-bond donors (Lipinski definition) is 1. The van der Waals surface area contributed by atoms with Crippen LogP contribution in [0.3, 0.4) is 0 Å². The molecule has 1 atom stereocenters. The molecule has 14 nitrogen and oxygen atoms in total. The Morgan fingerprint density at radius 3 is 2.00 bits per heavy atom. The molecule has 1 heterocycles. The third-order valence-corrected chi connectivity index (χ3v) is 6.77. The molecular weight excluding hydrogens is 602 g/mol. The maximum absolute atomic E-state index is 13.4. The van der Waals surface area contributed by atoms with E-state index in [4.69, 9.17) is 28.4 Å². The Bertz CT molecular complexity index is 1140. The maximum Gasteiger partial charge on any atom is 0.308 e. The Morgan fingerprint density at radius 1 is 0.913 bits per heavy atom. The molecule has 0 bridgehead atoms. The lowest BCUT2D eigenvalue weighted by Gasteiger charge is -2.34. The summed E-state index contributed by atoms with van der Waals surface area (Å²) >= 11 is 0. The molecule has 1 saturated heterocycles. The number of piperidine rings is 1. The Labute approximate surface area is 270 Å². The summed E-state index contributed by atoms with van der Waals surface area (Å²) in [7, 11) is 2.90. The molecule has 0 aliphatic carbocycles. The van der Waals surface area contributed by atoms with Crippen molar-refractivity contribution in [2.24, 2.45) is 0 Å². The van der Waals surface area contributed by atoms with E-state index in [2.05, 4.69) is 5.32 Å². The summed E-state index contributed by atoms with van der Waals surface area (Å²) in [5.41, 5.74) is 0.299. The number of nitrogens with zero attached hydrogens (tertiary/aromatic N) is 2. The second-order valence-electron chi connectivity index (χ2n) is 11.5. The zero-order valence-corrected chi connectivity index (χ0v) is 27.7. The molecule has 1 aliphatic heterocycles. The van der Waals surface area contributed by atoms with Crippen LogP contribution >= 0.6 is 0 Å². The highest BCUT2D eigenvalue weighted by molar-refractivity contribution is 6.08. The largest absolute Gasteiger partial charge is 0.460 e. The van der Waals surface area contributed by atoms with Crippen LogP contribution in [0.15, 0.2) is 18.2 Å². The highest BCUT2D eigenvalue weighted by atomic mass is 16.6. The molecule has 2 rings (SSSR count). The summed E-state index contributed by atoms with van der Waals surface area (Å²) in [4.78, 5) is 63.5. The van der Waals surface area contributed by atoms with Gasteiger partial charge in [0.1, 0.15) is 11.6 Å². The second kappa shape index (κ2) is 20.6. The van der Waals surface area contributed by atoms with Gasteiger partial charge in [-0.2, -0.15) is 0 Å². The van der Waals surface area contributed by atoms with E-state index in [0.29, 0.717) is 78.0 Å². The van der Waals surface area contributed by atoms with Crippen molar-refractivity contribution in [3.63, 3.8) is 0 Å². The molecule has 1 unspecified atom stereocenters. The molecule has 3 amide bonds. The van der Waals surface area contributed by atoms with E-state index in [1.807, 2.05) is 20.8 Å². The normalized spacial score (nSPS) is 15.2. The zero-order chi connectivity index (χ0) is 34.0. The molecule has 1 N–H and O–H groups in total. The van der Waals surface area contributed by atoms with Crippen LogP contribution in [0, 0.1) is 0 Å². The summed E-state index contributed by atoms with van der Waals surface area (Å²) in [6.45, 7) is 9.62. The van der Waals surface area contributed by atoms with Gasteiger partial charge < -0.3 is 38.6 Å². The van der Waals surface area contributed by atoms with E-state index in [1.54, 1.807) is 12.1 Å². The number of imide groups is 1. The first-order valence-corrected chi connectivity index (χ1v) is 15.5. The van der Waals surface area contributed by atoms with E-state index >= 15 is 0 Å². The number of anilines is 1. The zero-order valence-electron chi connectivity index (χ0n) is 27.7. The predicted molar refractivity (Wildman–Crippen MR) is 168 cm³/mol. The molecule has 1 fully saturated rings. The van der Waals surface area contributed by atoms with E-state index in [1.165, 1.54) is 25.1 Å². The number of aldehydes is 1. The number of rotatable bonds is 22. The molecule has 1 aromatic carbocycles. The molecular formula is C32H49N3O11. The SMILES string of the molecule is CN1C(=O)CCC(N(C)C(=O)c2c(C=O)cccc2NCCOCCOCCOCCOCCOCCC(=O)OC(C)(C)C)C1=O. The quantitative estimate of drug-likeness (QED) is 0.0842. The van der Waals surface area contributed by atoms with Crippen molar-refractivity contribution in [1.29, 1.82) is 0 Å². The van der Waals surface area contributed by atoms with Crippen LogP contribution in [0.25, 0.3) is 0 Å². The number of amides is 3. The van der Waals surface area contributed by atoms with Crippen LogP contribution in [0.1, 0.15) is 60.7 Å². The molecule has 258 valence electrons. The van der Waals surface area contributed by atoms with Gasteiger partial charge in [-0.05, 0) is 33.3 Å². The van der Waals surface area contributed by atoms with Gasteiger partial charge >= 0.3 is 5.97 Å². The van der Waals surface area contributed by atoms with Gasteiger partial charge in [-0.1, -0.05) is 12.1 Å². The minimum absolute atomic E-state index is 0.157. The smallest absolute Gasteiger partial charge is 0.308 e. The highest BCUT2D eigenvalue weighted by Gasteiger charge is 2.37. The molecule has 14 heteroatoms. The third kappa shape index (κ3) is 13.9. The van der Waals surface area contributed by atoms with Crippen LogP contribution < -0.4 is 5.32 Å². The highest BCUT2D eigenvalue weighted by Crippen LogP contribution is 2.24. The van der Waals surface area contributed by atoms with Crippen molar-refractivity contribution in [3.8, 4) is 0 Å². The Balaban J connectivity index is 1.54. The fraction of sp³-hybridized carbons (Fsp3) is 0.656. The van der Waals surface area contributed by atoms with E-state index in [9.17, 15) is 24.0 Å². The fourth-order valence-corrected chi connectivity index (χ4v) is 4.42. The van der Waals surface area contributed by atoms with Crippen molar-refractivity contribution >= 4 is 35.7 Å². The van der Waals surface area contributed by atoms with E-state index in [-0.39, 0.29) is 48.9 Å². The molecule has 1 aromatic rings. The van der Waals surface area contributed by atoms with E-state index in [0.717, 1.165) is 4.90 Å². The minimum atomic E-state index is -0.792.